The van der Waals surface area contributed by atoms with E-state index in [-0.39, 0.29) is 0 Å². The zero-order chi connectivity index (χ0) is 16.5. The number of hydrogen-bond donors (Lipinski definition) is 1. The minimum atomic E-state index is -1.31. The molecule has 0 bridgehead atoms. The molecule has 0 amide bonds. The second-order valence-corrected chi connectivity index (χ2v) is 19.8. The third-order valence-electron chi connectivity index (χ3n) is 6.91. The van der Waals surface area contributed by atoms with E-state index in [9.17, 15) is 0 Å². The monoisotopic (exact) mass is 439 g/mol. The van der Waals surface area contributed by atoms with Gasteiger partial charge in [0.1, 0.15) is 0 Å². The molecule has 136 valence electrons. The number of aromatic amines is 1. The number of H-pyrrole nitrogens is 1. The standard InChI is InChI=1S/3C6H11.C2H3N3.Sn.H/c3*1-2-4-6-5-3-1;1-2-4-5-3-1;;/h3*1H,2-6H2;1-2H,(H,3,4,5);;. The van der Waals surface area contributed by atoms with Crippen molar-refractivity contribution in [3.05, 3.63) is 12.4 Å². The quantitative estimate of drug-likeness (QED) is 0.587. The number of nitrogens with one attached hydrogen (secondary N) is 1. The van der Waals surface area contributed by atoms with Crippen LogP contribution in [0.3, 0.4) is 0 Å². The molecule has 1 aromatic heterocycles. The van der Waals surface area contributed by atoms with Crippen LogP contribution in [0.5, 0.6) is 0 Å². The van der Waals surface area contributed by atoms with Crippen molar-refractivity contribution in [3.8, 4) is 0 Å². The molecule has 1 heterocycles. The average molecular weight is 438 g/mol. The Bertz CT molecular complexity index is 345. The Morgan fingerprint density at radius 1 is 0.625 bits per heavy atom. The van der Waals surface area contributed by atoms with Crippen molar-refractivity contribution in [2.75, 3.05) is 0 Å². The van der Waals surface area contributed by atoms with Crippen LogP contribution >= 0.6 is 0 Å². The molecule has 3 fully saturated rings. The van der Waals surface area contributed by atoms with Gasteiger partial charge in [-0.2, -0.15) is 0 Å². The van der Waals surface area contributed by atoms with Gasteiger partial charge in [0.15, 0.2) is 0 Å². The smallest absolute Gasteiger partial charge is 0.0690 e. The summed E-state index contributed by atoms with van der Waals surface area (Å²) >= 11 is -1.31. The molecular formula is C20H37N3Sn. The molecule has 3 nitrogen and oxygen atoms in total. The summed E-state index contributed by atoms with van der Waals surface area (Å²) in [5, 5.41) is 9.26. The van der Waals surface area contributed by atoms with E-state index < -0.39 is 19.8 Å². The SMILES string of the molecule is C1CC[CH]([SnH]([CH]2CCCCC2)[CH]2CCCCC2)CC1.c1c[nH]nn1. The fourth-order valence-corrected chi connectivity index (χ4v) is 23.1. The number of nitrogens with zero attached hydrogens (tertiary/aromatic N) is 2. The zero-order valence-electron chi connectivity index (χ0n) is 15.5. The minimum absolute atomic E-state index is 1.31. The van der Waals surface area contributed by atoms with Gasteiger partial charge in [-0.1, -0.05) is 5.21 Å². The summed E-state index contributed by atoms with van der Waals surface area (Å²) < 4.78 is 4.00. The van der Waals surface area contributed by atoms with E-state index in [4.69, 9.17) is 0 Å². The van der Waals surface area contributed by atoms with Gasteiger partial charge < -0.3 is 0 Å². The summed E-state index contributed by atoms with van der Waals surface area (Å²) in [7, 11) is 0. The molecule has 0 aliphatic heterocycles. The summed E-state index contributed by atoms with van der Waals surface area (Å²) in [6.45, 7) is 0. The van der Waals surface area contributed by atoms with Crippen molar-refractivity contribution in [2.24, 2.45) is 0 Å². The van der Waals surface area contributed by atoms with Crippen LogP contribution in [0.25, 0.3) is 0 Å². The molecule has 3 aliphatic rings. The maximum atomic E-state index is 3.42. The van der Waals surface area contributed by atoms with Gasteiger partial charge in [-0.05, 0) is 0 Å². The van der Waals surface area contributed by atoms with Gasteiger partial charge in [-0.25, -0.2) is 0 Å². The Balaban J connectivity index is 0.000000290. The Labute approximate surface area is 155 Å². The summed E-state index contributed by atoms with van der Waals surface area (Å²) in [4.78, 5) is 0. The van der Waals surface area contributed by atoms with Crippen molar-refractivity contribution in [2.45, 2.75) is 108 Å². The first-order chi connectivity index (χ1) is 11.9. The molecule has 1 aromatic rings. The molecule has 0 spiro atoms. The zero-order valence-corrected chi connectivity index (χ0v) is 18.8. The summed E-state index contributed by atoms with van der Waals surface area (Å²) in [6.07, 6.45) is 27.5. The van der Waals surface area contributed by atoms with E-state index in [1.54, 1.807) is 109 Å². The van der Waals surface area contributed by atoms with E-state index in [1.807, 2.05) is 0 Å². The maximum absolute atomic E-state index is 3.42. The number of rotatable bonds is 3. The molecule has 4 heteroatoms. The Kier molecular flexibility index (Phi) is 8.44. The van der Waals surface area contributed by atoms with Crippen molar-refractivity contribution < 1.29 is 0 Å². The van der Waals surface area contributed by atoms with Crippen LogP contribution in [-0.2, 0) is 0 Å². The Morgan fingerprint density at radius 2 is 1.04 bits per heavy atom. The second-order valence-electron chi connectivity index (χ2n) is 8.43. The van der Waals surface area contributed by atoms with Gasteiger partial charge in [0, 0.05) is 6.20 Å². The molecule has 4 rings (SSSR count). The number of hydrogen-bond acceptors (Lipinski definition) is 2. The van der Waals surface area contributed by atoms with Gasteiger partial charge in [0.2, 0.25) is 0 Å². The second kappa shape index (κ2) is 10.8. The molecule has 0 saturated heterocycles. The summed E-state index contributed by atoms with van der Waals surface area (Å²) in [6, 6.07) is 0. The van der Waals surface area contributed by atoms with Crippen LogP contribution in [0.2, 0.25) is 11.8 Å². The first kappa shape index (κ1) is 18.7. The van der Waals surface area contributed by atoms with Crippen molar-refractivity contribution in [3.63, 3.8) is 0 Å². The molecule has 0 atom stereocenters. The van der Waals surface area contributed by atoms with Gasteiger partial charge in [-0.15, -0.1) is 5.10 Å². The maximum Gasteiger partial charge on any atom is 0.0690 e. The first-order valence-electron chi connectivity index (χ1n) is 10.8. The Hall–Kier alpha value is -0.0613. The normalized spacial score (nSPS) is 24.5. The van der Waals surface area contributed by atoms with Crippen molar-refractivity contribution >= 4 is 19.8 Å². The molecule has 24 heavy (non-hydrogen) atoms. The molecule has 0 unspecified atom stereocenters. The fraction of sp³-hybridized carbons (Fsp3) is 0.900. The van der Waals surface area contributed by atoms with E-state index in [2.05, 4.69) is 15.4 Å². The summed E-state index contributed by atoms with van der Waals surface area (Å²) in [5.41, 5.74) is 0. The Morgan fingerprint density at radius 3 is 1.29 bits per heavy atom. The molecule has 0 aromatic carbocycles. The van der Waals surface area contributed by atoms with Gasteiger partial charge in [-0.3, -0.25) is 5.10 Å². The van der Waals surface area contributed by atoms with Crippen LogP contribution < -0.4 is 0 Å². The fourth-order valence-electron chi connectivity index (χ4n) is 5.88. The van der Waals surface area contributed by atoms with Gasteiger partial charge >= 0.3 is 128 Å². The van der Waals surface area contributed by atoms with Crippen LogP contribution in [0.15, 0.2) is 12.4 Å². The largest absolute Gasteiger partial charge is 0.266 e. The third-order valence-corrected chi connectivity index (χ3v) is 21.9. The molecular weight excluding hydrogens is 401 g/mol. The molecule has 3 aliphatic carbocycles. The van der Waals surface area contributed by atoms with Crippen LogP contribution in [0.1, 0.15) is 96.3 Å². The van der Waals surface area contributed by atoms with E-state index in [0.29, 0.717) is 0 Å². The van der Waals surface area contributed by atoms with Crippen molar-refractivity contribution in [1.82, 2.24) is 15.4 Å². The average Bonchev–Trinajstić information content (AvgIpc) is 3.25. The summed E-state index contributed by atoms with van der Waals surface area (Å²) in [5.74, 6) is 0. The first-order valence-corrected chi connectivity index (χ1v) is 16.5. The van der Waals surface area contributed by atoms with E-state index >= 15 is 0 Å². The molecule has 0 radical (unpaired) electrons. The van der Waals surface area contributed by atoms with Crippen LogP contribution in [0.4, 0.5) is 0 Å². The van der Waals surface area contributed by atoms with E-state index in [1.165, 1.54) is 11.8 Å². The van der Waals surface area contributed by atoms with Gasteiger partial charge in [0.05, 0.1) is 6.20 Å². The molecule has 3 saturated carbocycles. The van der Waals surface area contributed by atoms with Crippen LogP contribution in [0, 0.1) is 0 Å². The minimum Gasteiger partial charge on any atom is -0.266 e. The number of aromatic nitrogens is 3. The van der Waals surface area contributed by atoms with Gasteiger partial charge in [0.25, 0.3) is 0 Å². The predicted molar refractivity (Wildman–Crippen MR) is 104 cm³/mol. The predicted octanol–water partition coefficient (Wildman–Crippen LogP) is 6.02. The topological polar surface area (TPSA) is 41.6 Å². The van der Waals surface area contributed by atoms with Crippen molar-refractivity contribution in [1.29, 1.82) is 0 Å². The van der Waals surface area contributed by atoms with Crippen LogP contribution in [-0.4, -0.2) is 35.2 Å². The third kappa shape index (κ3) is 5.74. The molecule has 1 N–H and O–H groups in total. The van der Waals surface area contributed by atoms with E-state index in [0.717, 1.165) is 0 Å².